The largest absolute Gasteiger partial charge is 0.480 e. The minimum atomic E-state index is -1.42. The number of hydrogen-bond acceptors (Lipinski definition) is 11. The van der Waals surface area contributed by atoms with E-state index in [9.17, 15) is 43.5 Å². The van der Waals surface area contributed by atoms with Crippen LogP contribution in [-0.2, 0) is 48.6 Å². The Kier molecular flexibility index (Phi) is 20.7. The van der Waals surface area contributed by atoms with Crippen molar-refractivity contribution < 1.29 is 48.2 Å². The van der Waals surface area contributed by atoms with Gasteiger partial charge in [0.2, 0.25) is 35.4 Å². The van der Waals surface area contributed by atoms with Crippen molar-refractivity contribution in [3.8, 4) is 0 Å². The number of carboxylic acids is 1. The third kappa shape index (κ3) is 17.1. The first kappa shape index (κ1) is 52.7. The van der Waals surface area contributed by atoms with Crippen LogP contribution >= 0.6 is 0 Å². The Morgan fingerprint density at radius 1 is 0.600 bits per heavy atom. The number of nitrogens with two attached hydrogens (primary N) is 2. The summed E-state index contributed by atoms with van der Waals surface area (Å²) in [4.78, 5) is 104. The van der Waals surface area contributed by atoms with E-state index in [1.165, 1.54) is 13.8 Å². The second kappa shape index (κ2) is 25.6. The molecular formula is C47H64N8O10. The normalized spacial score (nSPS) is 13.6. The van der Waals surface area contributed by atoms with E-state index < -0.39 is 95.3 Å². The molecule has 352 valence electrons. The van der Waals surface area contributed by atoms with Gasteiger partial charge in [0.15, 0.2) is 0 Å². The number of carbonyl (C=O) groups is 8. The maximum atomic E-state index is 14.2. The van der Waals surface area contributed by atoms with Gasteiger partial charge in [-0.2, -0.15) is 0 Å². The highest BCUT2D eigenvalue weighted by molar-refractivity contribution is 5.95. The van der Waals surface area contributed by atoms with Crippen LogP contribution < -0.4 is 43.4 Å². The second-order valence-electron chi connectivity index (χ2n) is 16.6. The zero-order valence-electron chi connectivity index (χ0n) is 37.7. The van der Waals surface area contributed by atoms with Crippen molar-refractivity contribution in [1.29, 1.82) is 0 Å². The van der Waals surface area contributed by atoms with Crippen LogP contribution in [0.3, 0.4) is 0 Å². The maximum absolute atomic E-state index is 14.2. The number of amides is 6. The molecule has 0 bridgehead atoms. The molecule has 0 heterocycles. The number of nitrogens with one attached hydrogen (secondary N) is 6. The molecule has 65 heavy (non-hydrogen) atoms. The fraction of sp³-hybridized carbons (Fsp3) is 0.447. The molecule has 0 aromatic heterocycles. The third-order valence-electron chi connectivity index (χ3n) is 10.2. The highest BCUT2D eigenvalue weighted by atomic mass is 16.6. The summed E-state index contributed by atoms with van der Waals surface area (Å²) < 4.78 is 5.25. The summed E-state index contributed by atoms with van der Waals surface area (Å²) in [5.74, 6) is -6.29. The number of ether oxygens (including phenoxy) is 1. The maximum Gasteiger partial charge on any atom is 0.326 e. The lowest BCUT2D eigenvalue weighted by Crippen LogP contribution is -2.57. The van der Waals surface area contributed by atoms with Gasteiger partial charge < -0.3 is 53.2 Å². The van der Waals surface area contributed by atoms with Crippen LogP contribution in [0.4, 0.5) is 0 Å². The average Bonchev–Trinajstić information content (AvgIpc) is 3.27. The van der Waals surface area contributed by atoms with Gasteiger partial charge in [0.05, 0.1) is 12.6 Å². The number of esters is 1. The van der Waals surface area contributed by atoms with Crippen LogP contribution in [0, 0.1) is 0 Å². The lowest BCUT2D eigenvalue weighted by atomic mass is 9.77. The van der Waals surface area contributed by atoms with Gasteiger partial charge >= 0.3 is 11.9 Å². The summed E-state index contributed by atoms with van der Waals surface area (Å²) in [7, 11) is 0. The molecule has 0 radical (unpaired) electrons. The number of carboxylic acid groups (broad SMARTS) is 1. The van der Waals surface area contributed by atoms with Gasteiger partial charge in [-0.15, -0.1) is 0 Å². The van der Waals surface area contributed by atoms with Crippen LogP contribution in [0.25, 0.3) is 0 Å². The van der Waals surface area contributed by atoms with E-state index in [0.717, 1.165) is 16.7 Å². The molecule has 18 heteroatoms. The lowest BCUT2D eigenvalue weighted by Gasteiger charge is -2.37. The van der Waals surface area contributed by atoms with E-state index >= 15 is 0 Å². The minimum absolute atomic E-state index is 0.0614. The van der Waals surface area contributed by atoms with Crippen molar-refractivity contribution in [2.45, 2.75) is 121 Å². The summed E-state index contributed by atoms with van der Waals surface area (Å²) >= 11 is 0. The standard InChI is InChI=1S/C47H64N8O10/c1-30(41(59)51-31(2)42(60)54-37(45(63)64)23-15-16-28-48)52-44(62)36(53-39(57)29-50-43(61)35(49)24-27-40(58)65-46(3,4)5)25-26-38(56)55-47(32-17-9-6-10-18-32,33-19-11-7-12-20-33)34-21-13-8-14-22-34/h6-14,17-22,30-31,35-37H,15-16,23-29,48-49H2,1-5H3,(H,50,61)(H,51,59)(H,52,62)(H,53,57)(H,54,60)(H,55,56)(H,63,64)/t30-,31-,35-,36-,37-/m0/s1. The average molecular weight is 901 g/mol. The SMILES string of the molecule is C[C@H](NC(=O)[C@H](C)NC(=O)[C@H](CCC(=O)NC(c1ccccc1)(c1ccccc1)c1ccccc1)NC(=O)CNC(=O)[C@@H](N)CCC(=O)OC(C)(C)C)C(=O)N[C@@H](CCCCN)C(=O)O. The van der Waals surface area contributed by atoms with Crippen molar-refractivity contribution in [2.24, 2.45) is 11.5 Å². The topological polar surface area (TPSA) is 290 Å². The smallest absolute Gasteiger partial charge is 0.326 e. The zero-order chi connectivity index (χ0) is 48.2. The Labute approximate surface area is 379 Å². The number of rotatable bonds is 25. The number of benzene rings is 3. The van der Waals surface area contributed by atoms with Crippen molar-refractivity contribution in [3.63, 3.8) is 0 Å². The molecule has 0 unspecified atom stereocenters. The van der Waals surface area contributed by atoms with Crippen LogP contribution in [0.1, 0.15) is 96.3 Å². The van der Waals surface area contributed by atoms with Crippen LogP contribution in [0.2, 0.25) is 0 Å². The summed E-state index contributed by atoms with van der Waals surface area (Å²) in [5, 5.41) is 25.0. The van der Waals surface area contributed by atoms with E-state index in [1.54, 1.807) is 20.8 Å². The van der Waals surface area contributed by atoms with Gasteiger partial charge in [-0.05, 0) is 90.0 Å². The molecule has 3 aromatic carbocycles. The highest BCUT2D eigenvalue weighted by Crippen LogP contribution is 2.37. The molecule has 0 saturated carbocycles. The van der Waals surface area contributed by atoms with Gasteiger partial charge in [0.25, 0.3) is 0 Å². The molecule has 18 nitrogen and oxygen atoms in total. The van der Waals surface area contributed by atoms with Crippen LogP contribution in [0.15, 0.2) is 91.0 Å². The Balaban J connectivity index is 1.80. The van der Waals surface area contributed by atoms with E-state index in [4.69, 9.17) is 16.2 Å². The number of carbonyl (C=O) groups excluding carboxylic acids is 7. The van der Waals surface area contributed by atoms with Gasteiger partial charge in [-0.25, -0.2) is 4.79 Å². The van der Waals surface area contributed by atoms with Gasteiger partial charge in [-0.3, -0.25) is 33.6 Å². The predicted octanol–water partition coefficient (Wildman–Crippen LogP) is 1.63. The monoisotopic (exact) mass is 900 g/mol. The summed E-state index contributed by atoms with van der Waals surface area (Å²) in [6, 6.07) is 21.8. The molecule has 0 fully saturated rings. The first-order valence-electron chi connectivity index (χ1n) is 21.6. The fourth-order valence-corrected chi connectivity index (χ4v) is 6.77. The molecule has 3 aromatic rings. The molecule has 0 aliphatic heterocycles. The predicted molar refractivity (Wildman–Crippen MR) is 242 cm³/mol. The Bertz CT molecular complexity index is 1970. The fourth-order valence-electron chi connectivity index (χ4n) is 6.77. The first-order valence-corrected chi connectivity index (χ1v) is 21.6. The molecule has 0 aliphatic carbocycles. The zero-order valence-corrected chi connectivity index (χ0v) is 37.7. The molecule has 0 aliphatic rings. The number of aliphatic carboxylic acids is 1. The Morgan fingerprint density at radius 3 is 1.57 bits per heavy atom. The van der Waals surface area contributed by atoms with E-state index in [2.05, 4.69) is 31.9 Å². The lowest BCUT2D eigenvalue weighted by molar-refractivity contribution is -0.155. The summed E-state index contributed by atoms with van der Waals surface area (Å²) in [5.41, 5.74) is 11.8. The third-order valence-corrected chi connectivity index (χ3v) is 10.2. The van der Waals surface area contributed by atoms with E-state index in [-0.39, 0.29) is 32.1 Å². The van der Waals surface area contributed by atoms with Gasteiger partial charge in [0, 0.05) is 12.8 Å². The molecule has 3 rings (SSSR count). The van der Waals surface area contributed by atoms with E-state index in [0.29, 0.717) is 19.4 Å². The van der Waals surface area contributed by atoms with Crippen molar-refractivity contribution in [1.82, 2.24) is 31.9 Å². The number of hydrogen-bond donors (Lipinski definition) is 9. The molecule has 11 N–H and O–H groups in total. The van der Waals surface area contributed by atoms with E-state index in [1.807, 2.05) is 91.0 Å². The van der Waals surface area contributed by atoms with Gasteiger partial charge in [-0.1, -0.05) is 91.0 Å². The van der Waals surface area contributed by atoms with Gasteiger partial charge in [0.1, 0.15) is 35.3 Å². The number of unbranched alkanes of at least 4 members (excludes halogenated alkanes) is 1. The highest BCUT2D eigenvalue weighted by Gasteiger charge is 2.38. The summed E-state index contributed by atoms with van der Waals surface area (Å²) in [6.07, 6.45) is 0.375. The minimum Gasteiger partial charge on any atom is -0.480 e. The van der Waals surface area contributed by atoms with Crippen molar-refractivity contribution >= 4 is 47.4 Å². The quantitative estimate of drug-likeness (QED) is 0.0333. The Hall–Kier alpha value is -6.66. The second-order valence-corrected chi connectivity index (χ2v) is 16.6. The van der Waals surface area contributed by atoms with Crippen LogP contribution in [0.5, 0.6) is 0 Å². The first-order chi connectivity index (χ1) is 30.8. The molecule has 0 saturated heterocycles. The molecule has 5 atom stereocenters. The molecule has 6 amide bonds. The summed E-state index contributed by atoms with van der Waals surface area (Å²) in [6.45, 7) is 7.52. The Morgan fingerprint density at radius 2 is 1.09 bits per heavy atom. The van der Waals surface area contributed by atoms with Crippen LogP contribution in [-0.4, -0.2) is 101 Å². The molecular weight excluding hydrogens is 837 g/mol. The molecule has 0 spiro atoms. The van der Waals surface area contributed by atoms with Crippen molar-refractivity contribution in [3.05, 3.63) is 108 Å². The van der Waals surface area contributed by atoms with Crippen molar-refractivity contribution in [2.75, 3.05) is 13.1 Å².